The summed E-state index contributed by atoms with van der Waals surface area (Å²) >= 11 is 0. The zero-order chi connectivity index (χ0) is 26.3. The van der Waals surface area contributed by atoms with Crippen LogP contribution < -0.4 is 0 Å². The fraction of sp³-hybridized carbons (Fsp3) is 0.741. The zero-order valence-corrected chi connectivity index (χ0v) is 22.4. The summed E-state index contributed by atoms with van der Waals surface area (Å²) in [6, 6.07) is 0. The van der Waals surface area contributed by atoms with Crippen molar-refractivity contribution in [3.63, 3.8) is 0 Å². The van der Waals surface area contributed by atoms with E-state index in [2.05, 4.69) is 44.8 Å². The van der Waals surface area contributed by atoms with Gasteiger partial charge in [0, 0.05) is 24.9 Å². The first-order valence-corrected chi connectivity index (χ1v) is 11.6. The predicted octanol–water partition coefficient (Wildman–Crippen LogP) is 4.68. The Bertz CT molecular complexity index is 597. The largest absolute Gasteiger partial charge is 0.468 e. The summed E-state index contributed by atoms with van der Waals surface area (Å²) < 4.78 is 16.8. The van der Waals surface area contributed by atoms with Gasteiger partial charge in [-0.3, -0.25) is 4.79 Å². The first-order valence-electron chi connectivity index (χ1n) is 11.6. The third kappa shape index (κ3) is 10.9. The summed E-state index contributed by atoms with van der Waals surface area (Å²) in [5, 5.41) is 11.6. The number of aliphatic hydroxyl groups is 1. The molecular formula is C27H49NO5. The predicted molar refractivity (Wildman–Crippen MR) is 137 cm³/mol. The average molecular weight is 468 g/mol. The van der Waals surface area contributed by atoms with E-state index in [-0.39, 0.29) is 0 Å². The number of nitrogens with zero attached hydrogens (tertiary/aromatic N) is 1. The summed E-state index contributed by atoms with van der Waals surface area (Å²) in [6.07, 6.45) is 12.5. The lowest BCUT2D eigenvalue weighted by Crippen LogP contribution is -2.56. The molecule has 0 amide bonds. The van der Waals surface area contributed by atoms with Crippen LogP contribution in [0.2, 0.25) is 0 Å². The van der Waals surface area contributed by atoms with Crippen molar-refractivity contribution in [1.29, 1.82) is 0 Å². The minimum absolute atomic E-state index is 0.404. The van der Waals surface area contributed by atoms with Crippen LogP contribution in [-0.2, 0) is 19.0 Å². The topological polar surface area (TPSA) is 68.2 Å². The van der Waals surface area contributed by atoms with E-state index in [1.54, 1.807) is 13.0 Å². The molecule has 1 N–H and O–H groups in total. The monoisotopic (exact) mass is 467 g/mol. The number of terminal acetylenes is 1. The van der Waals surface area contributed by atoms with Gasteiger partial charge in [-0.05, 0) is 46.6 Å². The first-order chi connectivity index (χ1) is 15.3. The van der Waals surface area contributed by atoms with Crippen molar-refractivity contribution in [2.45, 2.75) is 72.7 Å². The highest BCUT2D eigenvalue weighted by Crippen LogP contribution is 2.46. The van der Waals surface area contributed by atoms with Crippen molar-refractivity contribution in [2.75, 3.05) is 40.5 Å². The molecule has 0 bridgehead atoms. The third-order valence-electron chi connectivity index (χ3n) is 5.73. The molecule has 0 spiro atoms. The number of carbonyl (C=O) groups excluding carboxylic acids is 1. The SMILES string of the molecule is C#C.C=CC.C=CCCC(C)(CC1(C)OCCO1)C(O)C(C)(CN(C)CC(C)C)C(=O)OC. The second kappa shape index (κ2) is 16.1. The highest BCUT2D eigenvalue weighted by atomic mass is 16.7. The van der Waals surface area contributed by atoms with Gasteiger partial charge in [0.2, 0.25) is 0 Å². The average Bonchev–Trinajstić information content (AvgIpc) is 3.17. The summed E-state index contributed by atoms with van der Waals surface area (Å²) in [5.41, 5.74) is -1.70. The van der Waals surface area contributed by atoms with Gasteiger partial charge in [-0.15, -0.1) is 26.0 Å². The van der Waals surface area contributed by atoms with Crippen LogP contribution in [0.3, 0.4) is 0 Å². The van der Waals surface area contributed by atoms with E-state index in [1.807, 2.05) is 33.9 Å². The maximum atomic E-state index is 12.8. The number of aliphatic hydroxyl groups excluding tert-OH is 1. The summed E-state index contributed by atoms with van der Waals surface area (Å²) in [5.74, 6) is -0.716. The molecule has 1 rings (SSSR count). The van der Waals surface area contributed by atoms with Gasteiger partial charge in [-0.25, -0.2) is 0 Å². The Labute approximate surface area is 203 Å². The van der Waals surface area contributed by atoms with Crippen LogP contribution >= 0.6 is 0 Å². The molecular weight excluding hydrogens is 418 g/mol. The molecule has 3 unspecified atom stereocenters. The molecule has 1 fully saturated rings. The summed E-state index contributed by atoms with van der Waals surface area (Å²) in [4.78, 5) is 14.9. The Morgan fingerprint density at radius 1 is 1.27 bits per heavy atom. The second-order valence-electron chi connectivity index (χ2n) is 9.80. The third-order valence-corrected chi connectivity index (χ3v) is 5.73. The number of hydrogen-bond acceptors (Lipinski definition) is 6. The summed E-state index contributed by atoms with van der Waals surface area (Å²) in [6.45, 7) is 21.3. The quantitative estimate of drug-likeness (QED) is 0.255. The molecule has 3 atom stereocenters. The van der Waals surface area contributed by atoms with Crippen LogP contribution in [0.5, 0.6) is 0 Å². The normalized spacial score (nSPS) is 19.1. The van der Waals surface area contributed by atoms with Crippen molar-refractivity contribution < 1.29 is 24.1 Å². The second-order valence-corrected chi connectivity index (χ2v) is 9.80. The van der Waals surface area contributed by atoms with Gasteiger partial charge in [-0.2, -0.15) is 0 Å². The standard InChI is InChI=1S/C22H41NO5.C3H6.C2H2/c1-9-10-11-20(4,15-22(6)27-12-13-28-22)18(24)21(5,19(25)26-8)16-23(7)14-17(2)3;1-3-2;1-2/h9,17-18,24H,1,10-16H2,2-8H3;3H,1H2,2H3;1-2H. The lowest BCUT2D eigenvalue weighted by molar-refractivity contribution is -0.198. The number of esters is 1. The van der Waals surface area contributed by atoms with Gasteiger partial charge in [0.15, 0.2) is 5.79 Å². The molecule has 33 heavy (non-hydrogen) atoms. The van der Waals surface area contributed by atoms with Gasteiger partial charge in [0.25, 0.3) is 0 Å². The van der Waals surface area contributed by atoms with Crippen LogP contribution in [0, 0.1) is 29.6 Å². The molecule has 1 saturated heterocycles. The van der Waals surface area contributed by atoms with Gasteiger partial charge < -0.3 is 24.2 Å². The van der Waals surface area contributed by atoms with Gasteiger partial charge in [0.05, 0.1) is 26.4 Å². The van der Waals surface area contributed by atoms with E-state index in [4.69, 9.17) is 14.2 Å². The van der Waals surface area contributed by atoms with Crippen molar-refractivity contribution in [1.82, 2.24) is 4.90 Å². The van der Waals surface area contributed by atoms with Crippen molar-refractivity contribution in [3.8, 4) is 12.8 Å². The number of carbonyl (C=O) groups is 1. The molecule has 1 heterocycles. The Hall–Kier alpha value is -1.65. The molecule has 0 radical (unpaired) electrons. The maximum Gasteiger partial charge on any atom is 0.315 e. The first kappa shape index (κ1) is 33.5. The molecule has 0 aromatic heterocycles. The number of hydrogen-bond donors (Lipinski definition) is 1. The molecule has 6 nitrogen and oxygen atoms in total. The van der Waals surface area contributed by atoms with Crippen molar-refractivity contribution in [2.24, 2.45) is 16.7 Å². The van der Waals surface area contributed by atoms with Crippen LogP contribution in [0.1, 0.15) is 60.8 Å². The smallest absolute Gasteiger partial charge is 0.315 e. The fourth-order valence-corrected chi connectivity index (χ4v) is 4.66. The zero-order valence-electron chi connectivity index (χ0n) is 22.4. The van der Waals surface area contributed by atoms with Crippen LogP contribution in [0.25, 0.3) is 0 Å². The molecule has 6 heteroatoms. The van der Waals surface area contributed by atoms with Crippen molar-refractivity contribution in [3.05, 3.63) is 25.3 Å². The van der Waals surface area contributed by atoms with Gasteiger partial charge in [-0.1, -0.05) is 32.9 Å². The molecule has 192 valence electrons. The molecule has 0 aliphatic carbocycles. The molecule has 1 aliphatic rings. The number of allylic oxidation sites excluding steroid dienone is 2. The lowest BCUT2D eigenvalue weighted by atomic mass is 9.64. The van der Waals surface area contributed by atoms with Gasteiger partial charge >= 0.3 is 5.97 Å². The number of rotatable bonds is 12. The van der Waals surface area contributed by atoms with Crippen LogP contribution in [0.15, 0.2) is 25.3 Å². The van der Waals surface area contributed by atoms with E-state index >= 15 is 0 Å². The van der Waals surface area contributed by atoms with Crippen molar-refractivity contribution >= 4 is 5.97 Å². The van der Waals surface area contributed by atoms with E-state index in [1.165, 1.54) is 7.11 Å². The highest BCUT2D eigenvalue weighted by molar-refractivity contribution is 5.77. The van der Waals surface area contributed by atoms with E-state index in [9.17, 15) is 9.90 Å². The Balaban J connectivity index is 0. The minimum atomic E-state index is -1.08. The Morgan fingerprint density at radius 3 is 2.15 bits per heavy atom. The van der Waals surface area contributed by atoms with E-state index in [0.29, 0.717) is 38.5 Å². The number of methoxy groups -OCH3 is 1. The van der Waals surface area contributed by atoms with E-state index in [0.717, 1.165) is 13.0 Å². The molecule has 0 aromatic rings. The molecule has 0 aromatic carbocycles. The Kier molecular flexibility index (Phi) is 16.3. The fourth-order valence-electron chi connectivity index (χ4n) is 4.66. The number of ether oxygens (including phenoxy) is 3. The highest BCUT2D eigenvalue weighted by Gasteiger charge is 2.53. The van der Waals surface area contributed by atoms with E-state index < -0.39 is 28.7 Å². The molecule has 0 saturated carbocycles. The molecule has 1 aliphatic heterocycles. The summed E-state index contributed by atoms with van der Waals surface area (Å²) in [7, 11) is 3.35. The maximum absolute atomic E-state index is 12.8. The minimum Gasteiger partial charge on any atom is -0.468 e. The lowest BCUT2D eigenvalue weighted by Gasteiger charge is -2.47. The van der Waals surface area contributed by atoms with Crippen LogP contribution in [-0.4, -0.2) is 68.3 Å². The Morgan fingerprint density at radius 2 is 1.76 bits per heavy atom. The van der Waals surface area contributed by atoms with Gasteiger partial charge in [0.1, 0.15) is 5.41 Å². The van der Waals surface area contributed by atoms with Crippen LogP contribution in [0.4, 0.5) is 0 Å².